The highest BCUT2D eigenvalue weighted by atomic mass is 16.5. The lowest BCUT2D eigenvalue weighted by molar-refractivity contribution is -0.116. The van der Waals surface area contributed by atoms with E-state index in [4.69, 9.17) is 10.5 Å². The summed E-state index contributed by atoms with van der Waals surface area (Å²) in [6.45, 7) is 0. The zero-order valence-electron chi connectivity index (χ0n) is 11.8. The molecule has 0 bridgehead atoms. The van der Waals surface area contributed by atoms with Gasteiger partial charge in [-0.3, -0.25) is 4.79 Å². The fourth-order valence-corrected chi connectivity index (χ4v) is 1.90. The van der Waals surface area contributed by atoms with Crippen molar-refractivity contribution in [3.63, 3.8) is 0 Å². The minimum atomic E-state index is -0.160. The number of amides is 1. The summed E-state index contributed by atoms with van der Waals surface area (Å²) in [4.78, 5) is 11.9. The van der Waals surface area contributed by atoms with Gasteiger partial charge in [0.2, 0.25) is 5.91 Å². The van der Waals surface area contributed by atoms with Crippen LogP contribution in [0.25, 0.3) is 0 Å². The highest BCUT2D eigenvalue weighted by molar-refractivity contribution is 5.92. The lowest BCUT2D eigenvalue weighted by atomic mass is 10.1. The van der Waals surface area contributed by atoms with E-state index in [2.05, 4.69) is 5.32 Å². The number of rotatable bonds is 5. The molecule has 0 aliphatic rings. The molecule has 5 nitrogen and oxygen atoms in total. The smallest absolute Gasteiger partial charge is 0.224 e. The Hall–Kier alpha value is -2.69. The van der Waals surface area contributed by atoms with Crippen LogP contribution in [0, 0.1) is 0 Å². The van der Waals surface area contributed by atoms with E-state index in [0.717, 1.165) is 5.56 Å². The second-order valence-corrected chi connectivity index (χ2v) is 4.67. The van der Waals surface area contributed by atoms with Crippen LogP contribution in [0.4, 0.5) is 11.4 Å². The van der Waals surface area contributed by atoms with Crippen molar-refractivity contribution in [2.45, 2.75) is 12.8 Å². The summed E-state index contributed by atoms with van der Waals surface area (Å²) >= 11 is 0. The zero-order valence-corrected chi connectivity index (χ0v) is 11.8. The SMILES string of the molecule is COc1ccc(NC(=O)CCc2ccc(N)cc2)c(O)c1. The number of nitrogens with two attached hydrogens (primary N) is 1. The summed E-state index contributed by atoms with van der Waals surface area (Å²) in [6.07, 6.45) is 0.943. The molecule has 0 spiro atoms. The van der Waals surface area contributed by atoms with Gasteiger partial charge < -0.3 is 20.9 Å². The Kier molecular flexibility index (Phi) is 4.66. The standard InChI is InChI=1S/C16H18N2O3/c1-21-13-7-8-14(15(19)10-13)18-16(20)9-4-11-2-5-12(17)6-3-11/h2-3,5-8,10,19H,4,9,17H2,1H3,(H,18,20). The number of phenolic OH excluding ortho intramolecular Hbond substituents is 1. The molecule has 0 heterocycles. The average molecular weight is 286 g/mol. The van der Waals surface area contributed by atoms with Crippen molar-refractivity contribution < 1.29 is 14.6 Å². The molecular formula is C16H18N2O3. The average Bonchev–Trinajstić information content (AvgIpc) is 2.48. The maximum absolute atomic E-state index is 11.9. The van der Waals surface area contributed by atoms with Gasteiger partial charge in [-0.1, -0.05) is 12.1 Å². The first-order valence-electron chi connectivity index (χ1n) is 6.60. The normalized spacial score (nSPS) is 10.1. The molecule has 0 saturated carbocycles. The van der Waals surface area contributed by atoms with Gasteiger partial charge in [-0.25, -0.2) is 0 Å². The molecule has 0 atom stereocenters. The molecule has 5 heteroatoms. The van der Waals surface area contributed by atoms with E-state index in [-0.39, 0.29) is 11.7 Å². The van der Waals surface area contributed by atoms with E-state index in [1.165, 1.54) is 13.2 Å². The van der Waals surface area contributed by atoms with Crippen LogP contribution >= 0.6 is 0 Å². The lowest BCUT2D eigenvalue weighted by Gasteiger charge is -2.09. The van der Waals surface area contributed by atoms with Crippen molar-refractivity contribution in [2.75, 3.05) is 18.2 Å². The molecule has 1 amide bonds. The third-order valence-corrected chi connectivity index (χ3v) is 3.10. The Balaban J connectivity index is 1.91. The molecule has 2 aromatic rings. The number of carbonyl (C=O) groups excluding carboxylic acids is 1. The molecule has 0 aromatic heterocycles. The van der Waals surface area contributed by atoms with Crippen molar-refractivity contribution >= 4 is 17.3 Å². The molecule has 4 N–H and O–H groups in total. The highest BCUT2D eigenvalue weighted by Crippen LogP contribution is 2.27. The number of aromatic hydroxyl groups is 1. The first-order chi connectivity index (χ1) is 10.1. The van der Waals surface area contributed by atoms with Crippen LogP contribution < -0.4 is 15.8 Å². The maximum atomic E-state index is 11.9. The fourth-order valence-electron chi connectivity index (χ4n) is 1.90. The molecule has 21 heavy (non-hydrogen) atoms. The summed E-state index contributed by atoms with van der Waals surface area (Å²) in [5.74, 6) is 0.356. The van der Waals surface area contributed by atoms with Crippen molar-refractivity contribution in [3.8, 4) is 11.5 Å². The van der Waals surface area contributed by atoms with Crippen molar-refractivity contribution in [1.82, 2.24) is 0 Å². The number of ether oxygens (including phenoxy) is 1. The maximum Gasteiger partial charge on any atom is 0.224 e. The van der Waals surface area contributed by atoms with Gasteiger partial charge in [0, 0.05) is 18.2 Å². The topological polar surface area (TPSA) is 84.6 Å². The molecule has 110 valence electrons. The number of nitrogen functional groups attached to an aromatic ring is 1. The van der Waals surface area contributed by atoms with Crippen molar-refractivity contribution in [1.29, 1.82) is 0 Å². The predicted molar refractivity (Wildman–Crippen MR) is 82.5 cm³/mol. The molecule has 0 aliphatic heterocycles. The second-order valence-electron chi connectivity index (χ2n) is 4.67. The van der Waals surface area contributed by atoms with Gasteiger partial charge in [0.25, 0.3) is 0 Å². The van der Waals surface area contributed by atoms with Crippen LogP contribution in [0.2, 0.25) is 0 Å². The summed E-state index contributed by atoms with van der Waals surface area (Å²) in [5, 5.41) is 12.5. The fraction of sp³-hybridized carbons (Fsp3) is 0.188. The van der Waals surface area contributed by atoms with Crippen LogP contribution in [-0.4, -0.2) is 18.1 Å². The van der Waals surface area contributed by atoms with Gasteiger partial charge in [0.05, 0.1) is 12.8 Å². The van der Waals surface area contributed by atoms with E-state index in [1.807, 2.05) is 24.3 Å². The largest absolute Gasteiger partial charge is 0.506 e. The Morgan fingerprint density at radius 3 is 2.57 bits per heavy atom. The first kappa shape index (κ1) is 14.7. The third kappa shape index (κ3) is 4.14. The van der Waals surface area contributed by atoms with Crippen LogP contribution in [0.1, 0.15) is 12.0 Å². The number of hydrogen-bond donors (Lipinski definition) is 3. The van der Waals surface area contributed by atoms with Crippen LogP contribution in [-0.2, 0) is 11.2 Å². The van der Waals surface area contributed by atoms with Gasteiger partial charge in [0.15, 0.2) is 0 Å². The number of anilines is 2. The van der Waals surface area contributed by atoms with Gasteiger partial charge in [-0.2, -0.15) is 0 Å². The van der Waals surface area contributed by atoms with Gasteiger partial charge in [0.1, 0.15) is 11.5 Å². The number of methoxy groups -OCH3 is 1. The van der Waals surface area contributed by atoms with E-state index < -0.39 is 0 Å². The number of phenols is 1. The first-order valence-corrected chi connectivity index (χ1v) is 6.60. The number of benzene rings is 2. The molecule has 0 unspecified atom stereocenters. The minimum absolute atomic E-state index is 0.0183. The van der Waals surface area contributed by atoms with E-state index in [9.17, 15) is 9.90 Å². The summed E-state index contributed by atoms with van der Waals surface area (Å²) in [7, 11) is 1.51. The number of hydrogen-bond acceptors (Lipinski definition) is 4. The Morgan fingerprint density at radius 2 is 1.95 bits per heavy atom. The molecule has 0 aliphatic carbocycles. The minimum Gasteiger partial charge on any atom is -0.506 e. The van der Waals surface area contributed by atoms with Gasteiger partial charge in [-0.05, 0) is 36.2 Å². The van der Waals surface area contributed by atoms with Crippen LogP contribution in [0.15, 0.2) is 42.5 Å². The second kappa shape index (κ2) is 6.65. The van der Waals surface area contributed by atoms with Crippen molar-refractivity contribution in [3.05, 3.63) is 48.0 Å². The van der Waals surface area contributed by atoms with Gasteiger partial charge >= 0.3 is 0 Å². The quantitative estimate of drug-likeness (QED) is 0.582. The number of nitrogens with one attached hydrogen (secondary N) is 1. The van der Waals surface area contributed by atoms with E-state index >= 15 is 0 Å². The molecular weight excluding hydrogens is 268 g/mol. The lowest BCUT2D eigenvalue weighted by Crippen LogP contribution is -2.12. The Labute approximate surface area is 123 Å². The summed E-state index contributed by atoms with van der Waals surface area (Å²) < 4.78 is 4.99. The van der Waals surface area contributed by atoms with Crippen LogP contribution in [0.3, 0.4) is 0 Å². The molecule has 2 rings (SSSR count). The third-order valence-electron chi connectivity index (χ3n) is 3.10. The van der Waals surface area contributed by atoms with E-state index in [1.54, 1.807) is 12.1 Å². The summed E-state index contributed by atoms with van der Waals surface area (Å²) in [6, 6.07) is 12.1. The van der Waals surface area contributed by atoms with Gasteiger partial charge in [-0.15, -0.1) is 0 Å². The monoisotopic (exact) mass is 286 g/mol. The predicted octanol–water partition coefficient (Wildman–Crippen LogP) is 2.55. The molecule has 0 fully saturated rings. The van der Waals surface area contributed by atoms with Crippen molar-refractivity contribution in [2.24, 2.45) is 0 Å². The zero-order chi connectivity index (χ0) is 15.2. The van der Waals surface area contributed by atoms with E-state index in [0.29, 0.717) is 30.0 Å². The molecule has 2 aromatic carbocycles. The molecule has 0 saturated heterocycles. The Morgan fingerprint density at radius 1 is 1.24 bits per heavy atom. The van der Waals surface area contributed by atoms with Crippen LogP contribution in [0.5, 0.6) is 11.5 Å². The number of aryl methyl sites for hydroxylation is 1. The number of carbonyl (C=O) groups is 1. The Bertz CT molecular complexity index is 624. The summed E-state index contributed by atoms with van der Waals surface area (Å²) in [5.41, 5.74) is 7.72. The highest BCUT2D eigenvalue weighted by Gasteiger charge is 2.08. The molecule has 0 radical (unpaired) electrons.